The van der Waals surface area contributed by atoms with E-state index >= 15 is 0 Å². The zero-order chi connectivity index (χ0) is 27.3. The number of methoxy groups -OCH3 is 1. The second-order valence-electron chi connectivity index (χ2n) is 10.3. The van der Waals surface area contributed by atoms with Gasteiger partial charge in [-0.3, -0.25) is 0 Å². The smallest absolute Gasteiger partial charge is 0.122 e. The molecule has 5 rings (SSSR count). The van der Waals surface area contributed by atoms with E-state index in [4.69, 9.17) is 4.74 Å². The Hall–Kier alpha value is -2.82. The lowest BCUT2D eigenvalue weighted by molar-refractivity contribution is 0.394. The van der Waals surface area contributed by atoms with Crippen molar-refractivity contribution >= 4 is 24.8 Å². The van der Waals surface area contributed by atoms with Crippen LogP contribution in [0.1, 0.15) is 60.9 Å². The maximum atomic E-state index is 5.44. The first-order valence-electron chi connectivity index (χ1n) is 14.5. The van der Waals surface area contributed by atoms with E-state index in [9.17, 15) is 0 Å². The molecule has 0 saturated carbocycles. The van der Waals surface area contributed by atoms with Crippen molar-refractivity contribution in [2.75, 3.05) is 20.2 Å². The number of hydrogen-bond acceptors (Lipinski definition) is 3. The summed E-state index contributed by atoms with van der Waals surface area (Å²) >= 11 is 0. The first kappa shape index (κ1) is 34.4. The van der Waals surface area contributed by atoms with Crippen molar-refractivity contribution in [3.05, 3.63) is 137 Å². The summed E-state index contributed by atoms with van der Waals surface area (Å²) in [5.41, 5.74) is 6.36. The lowest BCUT2D eigenvalue weighted by Crippen LogP contribution is -2.45. The highest BCUT2D eigenvalue weighted by molar-refractivity contribution is 5.85. The minimum atomic E-state index is -0.320. The molecule has 0 aromatic heterocycles. The van der Waals surface area contributed by atoms with Crippen molar-refractivity contribution in [2.24, 2.45) is 0 Å². The fourth-order valence-electron chi connectivity index (χ4n) is 5.65. The third kappa shape index (κ3) is 8.59. The Labute approximate surface area is 260 Å². The Morgan fingerprint density at radius 2 is 1.20 bits per heavy atom. The SMILES string of the molecule is CCCNC(c1ccccc1)(c1ccccc1)c1ccccc1.CCCNC1CCc2cccc(OC)c2C1.Cl.Cl. The van der Waals surface area contributed by atoms with Crippen LogP contribution in [0.3, 0.4) is 0 Å². The normalized spacial score (nSPS) is 13.9. The molecule has 2 N–H and O–H groups in total. The van der Waals surface area contributed by atoms with Gasteiger partial charge in [0.25, 0.3) is 0 Å². The van der Waals surface area contributed by atoms with Gasteiger partial charge in [-0.2, -0.15) is 0 Å². The highest BCUT2D eigenvalue weighted by atomic mass is 35.5. The van der Waals surface area contributed by atoms with Crippen molar-refractivity contribution in [1.82, 2.24) is 10.6 Å². The summed E-state index contributed by atoms with van der Waals surface area (Å²) in [5, 5.41) is 7.44. The van der Waals surface area contributed by atoms with Crippen LogP contribution in [-0.4, -0.2) is 26.2 Å². The second kappa shape index (κ2) is 17.9. The number of aryl methyl sites for hydroxylation is 1. The van der Waals surface area contributed by atoms with Crippen molar-refractivity contribution in [1.29, 1.82) is 0 Å². The summed E-state index contributed by atoms with van der Waals surface area (Å²) < 4.78 is 5.44. The maximum Gasteiger partial charge on any atom is 0.122 e. The number of fused-ring (bicyclic) bond motifs is 1. The fourth-order valence-corrected chi connectivity index (χ4v) is 5.65. The lowest BCUT2D eigenvalue weighted by Gasteiger charge is -2.37. The van der Waals surface area contributed by atoms with Crippen molar-refractivity contribution in [3.63, 3.8) is 0 Å². The van der Waals surface area contributed by atoms with Crippen molar-refractivity contribution in [3.8, 4) is 5.75 Å². The van der Waals surface area contributed by atoms with E-state index in [-0.39, 0.29) is 30.4 Å². The molecule has 4 aromatic carbocycles. The van der Waals surface area contributed by atoms with E-state index in [1.54, 1.807) is 7.11 Å². The Morgan fingerprint density at radius 1 is 0.683 bits per heavy atom. The molecule has 1 atom stereocenters. The lowest BCUT2D eigenvalue weighted by atomic mass is 9.77. The Morgan fingerprint density at radius 3 is 1.66 bits per heavy atom. The summed E-state index contributed by atoms with van der Waals surface area (Å²) in [6.45, 7) is 6.50. The fraction of sp³-hybridized carbons (Fsp3) is 0.333. The molecular weight excluding hydrogens is 547 g/mol. The van der Waals surface area contributed by atoms with Gasteiger partial charge in [0, 0.05) is 6.04 Å². The molecule has 1 aliphatic carbocycles. The molecule has 1 aliphatic rings. The van der Waals surface area contributed by atoms with Gasteiger partial charge < -0.3 is 15.4 Å². The summed E-state index contributed by atoms with van der Waals surface area (Å²) in [7, 11) is 1.76. The number of halogens is 2. The quantitative estimate of drug-likeness (QED) is 0.181. The topological polar surface area (TPSA) is 33.3 Å². The van der Waals surface area contributed by atoms with E-state index < -0.39 is 0 Å². The molecular formula is C36H46Cl2N2O. The van der Waals surface area contributed by atoms with Crippen LogP contribution in [0.2, 0.25) is 0 Å². The molecule has 220 valence electrons. The summed E-state index contributed by atoms with van der Waals surface area (Å²) in [5.74, 6) is 1.06. The minimum Gasteiger partial charge on any atom is -0.496 e. The molecule has 5 heteroatoms. The molecule has 1 unspecified atom stereocenters. The molecule has 0 saturated heterocycles. The third-order valence-electron chi connectivity index (χ3n) is 7.61. The van der Waals surface area contributed by atoms with Gasteiger partial charge in [0.15, 0.2) is 0 Å². The van der Waals surface area contributed by atoms with E-state index in [1.165, 1.54) is 47.1 Å². The van der Waals surface area contributed by atoms with Crippen LogP contribution in [0.5, 0.6) is 5.75 Å². The highest BCUT2D eigenvalue weighted by Gasteiger charge is 2.35. The number of rotatable bonds is 10. The summed E-state index contributed by atoms with van der Waals surface area (Å²) in [4.78, 5) is 0. The predicted molar refractivity (Wildman–Crippen MR) is 179 cm³/mol. The predicted octanol–water partition coefficient (Wildman–Crippen LogP) is 8.37. The minimum absolute atomic E-state index is 0. The third-order valence-corrected chi connectivity index (χ3v) is 7.61. The largest absolute Gasteiger partial charge is 0.496 e. The standard InChI is InChI=1S/C22H23N.C14H21NO.2ClH/c1-2-18-23-22(19-12-6-3-7-13-19,20-14-8-4-9-15-20)21-16-10-5-11-17-21;1-3-9-15-12-8-7-11-5-4-6-14(16-2)13(11)10-12;;/h3-17,23H,2,18H2,1H3;4-6,12,15H,3,7-10H2,1-2H3;2*1H. The highest BCUT2D eigenvalue weighted by Crippen LogP contribution is 2.36. The van der Waals surface area contributed by atoms with Crippen LogP contribution in [0.4, 0.5) is 0 Å². The average Bonchev–Trinajstić information content (AvgIpc) is 3.02. The van der Waals surface area contributed by atoms with Crippen LogP contribution in [0, 0.1) is 0 Å². The van der Waals surface area contributed by atoms with E-state index in [0.29, 0.717) is 6.04 Å². The van der Waals surface area contributed by atoms with Gasteiger partial charge in [0.1, 0.15) is 5.75 Å². The van der Waals surface area contributed by atoms with Crippen LogP contribution >= 0.6 is 24.8 Å². The van der Waals surface area contributed by atoms with Gasteiger partial charge in [-0.15, -0.1) is 24.8 Å². The molecule has 0 amide bonds. The van der Waals surface area contributed by atoms with Crippen molar-refractivity contribution in [2.45, 2.75) is 57.5 Å². The number of nitrogens with one attached hydrogen (secondary N) is 2. The molecule has 0 aliphatic heterocycles. The Kier molecular flexibility index (Phi) is 15.0. The molecule has 0 bridgehead atoms. The second-order valence-corrected chi connectivity index (χ2v) is 10.3. The zero-order valence-corrected chi connectivity index (χ0v) is 26.3. The monoisotopic (exact) mass is 592 g/mol. The first-order valence-corrected chi connectivity index (χ1v) is 14.5. The number of benzene rings is 4. The molecule has 0 heterocycles. The van der Waals surface area contributed by atoms with Crippen molar-refractivity contribution < 1.29 is 4.74 Å². The summed E-state index contributed by atoms with van der Waals surface area (Å²) in [6.07, 6.45) is 5.83. The van der Waals surface area contributed by atoms with Gasteiger partial charge in [-0.25, -0.2) is 0 Å². The number of ether oxygens (including phenoxy) is 1. The Bertz CT molecular complexity index is 1140. The summed E-state index contributed by atoms with van der Waals surface area (Å²) in [6, 6.07) is 39.2. The number of hydrogen-bond donors (Lipinski definition) is 2. The van der Waals surface area contributed by atoms with Crippen LogP contribution in [0.15, 0.2) is 109 Å². The van der Waals surface area contributed by atoms with E-state index in [1.807, 2.05) is 0 Å². The molecule has 4 aromatic rings. The molecule has 0 spiro atoms. The van der Waals surface area contributed by atoms with E-state index in [0.717, 1.165) is 31.7 Å². The van der Waals surface area contributed by atoms with Crippen LogP contribution in [-0.2, 0) is 18.4 Å². The van der Waals surface area contributed by atoms with Gasteiger partial charge in [0.05, 0.1) is 12.6 Å². The average molecular weight is 594 g/mol. The van der Waals surface area contributed by atoms with Gasteiger partial charge in [-0.1, -0.05) is 117 Å². The van der Waals surface area contributed by atoms with Gasteiger partial charge in [0.2, 0.25) is 0 Å². The molecule has 0 radical (unpaired) electrons. The molecule has 41 heavy (non-hydrogen) atoms. The van der Waals surface area contributed by atoms with E-state index in [2.05, 4.69) is 134 Å². The zero-order valence-electron chi connectivity index (χ0n) is 24.6. The maximum absolute atomic E-state index is 5.44. The van der Waals surface area contributed by atoms with Gasteiger partial charge in [-0.05, 0) is 79.1 Å². The van der Waals surface area contributed by atoms with Crippen LogP contribution < -0.4 is 15.4 Å². The van der Waals surface area contributed by atoms with Gasteiger partial charge >= 0.3 is 0 Å². The van der Waals surface area contributed by atoms with Crippen LogP contribution in [0.25, 0.3) is 0 Å². The molecule has 0 fully saturated rings. The first-order chi connectivity index (χ1) is 19.2. The Balaban J connectivity index is 0.000000290. The molecule has 3 nitrogen and oxygen atoms in total.